The zero-order valence-electron chi connectivity index (χ0n) is 22.5. The molecule has 2 fully saturated rings. The Hall–Kier alpha value is -2.34. The van der Waals surface area contributed by atoms with E-state index in [9.17, 15) is 0 Å². The quantitative estimate of drug-likeness (QED) is 0.354. The smallest absolute Gasteiger partial charge is 0.00929 e. The first kappa shape index (κ1) is 23.1. The summed E-state index contributed by atoms with van der Waals surface area (Å²) in [4.78, 5) is 0. The van der Waals surface area contributed by atoms with Crippen molar-refractivity contribution in [2.24, 2.45) is 17.8 Å². The molecule has 0 bridgehead atoms. The van der Waals surface area contributed by atoms with E-state index in [2.05, 4.69) is 95.3 Å². The predicted molar refractivity (Wildman–Crippen MR) is 149 cm³/mol. The Morgan fingerprint density at radius 1 is 0.743 bits per heavy atom. The maximum absolute atomic E-state index is 2.59. The van der Waals surface area contributed by atoms with Crippen LogP contribution >= 0.6 is 0 Å². The van der Waals surface area contributed by atoms with Gasteiger partial charge in [-0.25, -0.2) is 0 Å². The van der Waals surface area contributed by atoms with Gasteiger partial charge in [0, 0.05) is 10.8 Å². The fourth-order valence-electron chi connectivity index (χ4n) is 8.97. The summed E-state index contributed by atoms with van der Waals surface area (Å²) in [6.07, 6.45) is 8.98. The van der Waals surface area contributed by atoms with Crippen LogP contribution in [-0.2, 0) is 23.7 Å². The van der Waals surface area contributed by atoms with Crippen molar-refractivity contribution in [1.82, 2.24) is 0 Å². The summed E-state index contributed by atoms with van der Waals surface area (Å²) in [7, 11) is 0. The second-order valence-corrected chi connectivity index (χ2v) is 12.6. The summed E-state index contributed by atoms with van der Waals surface area (Å²) in [6.45, 7) is 12.0. The van der Waals surface area contributed by atoms with Crippen LogP contribution in [0.15, 0.2) is 60.7 Å². The highest BCUT2D eigenvalue weighted by Gasteiger charge is 2.69. The monoisotopic (exact) mass is 462 g/mol. The predicted octanol–water partition coefficient (Wildman–Crippen LogP) is 9.13. The van der Waals surface area contributed by atoms with E-state index in [-0.39, 0.29) is 10.8 Å². The molecule has 0 spiro atoms. The van der Waals surface area contributed by atoms with Crippen LogP contribution in [0, 0.1) is 31.6 Å². The third kappa shape index (κ3) is 3.32. The van der Waals surface area contributed by atoms with Crippen LogP contribution in [0.5, 0.6) is 0 Å². The van der Waals surface area contributed by atoms with Gasteiger partial charge in [0.2, 0.25) is 0 Å². The lowest BCUT2D eigenvalue weighted by molar-refractivity contribution is 0.218. The van der Waals surface area contributed by atoms with Gasteiger partial charge in [-0.05, 0) is 104 Å². The Bertz CT molecular complexity index is 1250. The van der Waals surface area contributed by atoms with Crippen LogP contribution in [-0.4, -0.2) is 0 Å². The summed E-state index contributed by atoms with van der Waals surface area (Å²) in [5.41, 5.74) is 12.8. The minimum absolute atomic E-state index is 0.245. The lowest BCUT2D eigenvalue weighted by Gasteiger charge is -2.50. The van der Waals surface area contributed by atoms with Crippen molar-refractivity contribution >= 4 is 0 Å². The van der Waals surface area contributed by atoms with Gasteiger partial charge in [0.1, 0.15) is 0 Å². The topological polar surface area (TPSA) is 0 Å². The van der Waals surface area contributed by atoms with Crippen molar-refractivity contribution in [2.45, 2.75) is 90.4 Å². The van der Waals surface area contributed by atoms with Gasteiger partial charge in [-0.1, -0.05) is 99.0 Å². The molecule has 5 atom stereocenters. The molecular weight excluding hydrogens is 420 g/mol. The lowest BCUT2D eigenvalue weighted by atomic mass is 9.52. The van der Waals surface area contributed by atoms with Crippen LogP contribution < -0.4 is 0 Å². The van der Waals surface area contributed by atoms with Crippen LogP contribution in [0.25, 0.3) is 11.1 Å². The van der Waals surface area contributed by atoms with Crippen molar-refractivity contribution in [1.29, 1.82) is 0 Å². The first-order valence-electron chi connectivity index (χ1n) is 14.2. The Labute approximate surface area is 213 Å². The summed E-state index contributed by atoms with van der Waals surface area (Å²) in [6, 6.07) is 24.4. The zero-order chi connectivity index (χ0) is 24.4. The van der Waals surface area contributed by atoms with Crippen LogP contribution in [0.1, 0.15) is 86.3 Å². The van der Waals surface area contributed by atoms with E-state index in [0.29, 0.717) is 5.92 Å². The molecule has 0 N–H and O–H groups in total. The number of benzene rings is 3. The number of fused-ring (bicyclic) bond motifs is 3. The summed E-state index contributed by atoms with van der Waals surface area (Å²) in [5, 5.41) is 0. The highest BCUT2D eigenvalue weighted by Crippen LogP contribution is 2.73. The van der Waals surface area contributed by atoms with Crippen LogP contribution in [0.3, 0.4) is 0 Å². The molecule has 3 aliphatic carbocycles. The Balaban J connectivity index is 1.51. The van der Waals surface area contributed by atoms with Gasteiger partial charge < -0.3 is 0 Å². The average Bonchev–Trinajstić information content (AvgIpc) is 3.26. The Morgan fingerprint density at radius 3 is 2.06 bits per heavy atom. The van der Waals surface area contributed by atoms with Gasteiger partial charge >= 0.3 is 0 Å². The van der Waals surface area contributed by atoms with E-state index in [1.54, 1.807) is 11.1 Å². The highest BCUT2D eigenvalue weighted by atomic mass is 14.7. The van der Waals surface area contributed by atoms with E-state index in [4.69, 9.17) is 0 Å². The largest absolute Gasteiger partial charge is 0.0654 e. The highest BCUT2D eigenvalue weighted by molar-refractivity contribution is 5.80. The molecule has 0 saturated heterocycles. The first-order valence-corrected chi connectivity index (χ1v) is 14.2. The maximum Gasteiger partial charge on any atom is 0.00929 e. The molecule has 2 saturated carbocycles. The second kappa shape index (κ2) is 8.36. The minimum atomic E-state index is 0.245. The number of aryl methyl sites for hydroxylation is 3. The fraction of sp³-hybridized carbons (Fsp3) is 0.486. The zero-order valence-corrected chi connectivity index (χ0v) is 22.5. The molecule has 3 aromatic rings. The minimum Gasteiger partial charge on any atom is -0.0654 e. The molecule has 0 radical (unpaired) electrons. The summed E-state index contributed by atoms with van der Waals surface area (Å²) < 4.78 is 0. The molecule has 0 heteroatoms. The van der Waals surface area contributed by atoms with Crippen molar-refractivity contribution in [3.8, 4) is 11.1 Å². The summed E-state index contributed by atoms with van der Waals surface area (Å²) in [5.74, 6) is 2.17. The molecule has 182 valence electrons. The molecule has 0 aliphatic heterocycles. The van der Waals surface area contributed by atoms with Crippen molar-refractivity contribution in [2.75, 3.05) is 0 Å². The molecule has 3 aliphatic rings. The molecule has 0 heterocycles. The first-order chi connectivity index (χ1) is 16.9. The van der Waals surface area contributed by atoms with E-state index < -0.39 is 0 Å². The Morgan fingerprint density at radius 2 is 1.37 bits per heavy atom. The maximum atomic E-state index is 2.59. The molecule has 0 nitrogen and oxygen atoms in total. The SMILES string of the molecule is CCCCc1ccc(CC2C(C)C[C@@]34CC(C)C[C@@]23c2cc(C)ccc2-c2ccc(C)cc24)cc1. The second-order valence-electron chi connectivity index (χ2n) is 12.6. The van der Waals surface area contributed by atoms with Crippen LogP contribution in [0.2, 0.25) is 0 Å². The van der Waals surface area contributed by atoms with Gasteiger partial charge in [-0.2, -0.15) is 0 Å². The van der Waals surface area contributed by atoms with Gasteiger partial charge in [-0.15, -0.1) is 0 Å². The van der Waals surface area contributed by atoms with Gasteiger partial charge in [0.25, 0.3) is 0 Å². The summed E-state index contributed by atoms with van der Waals surface area (Å²) >= 11 is 0. The normalized spacial score (nSPS) is 30.5. The van der Waals surface area contributed by atoms with Crippen molar-refractivity contribution in [3.63, 3.8) is 0 Å². The Kier molecular flexibility index (Phi) is 5.51. The fourth-order valence-corrected chi connectivity index (χ4v) is 8.97. The molecule has 3 aromatic carbocycles. The molecule has 6 rings (SSSR count). The molecule has 35 heavy (non-hydrogen) atoms. The number of hydrogen-bond acceptors (Lipinski definition) is 0. The molecule has 3 unspecified atom stereocenters. The van der Waals surface area contributed by atoms with Crippen LogP contribution in [0.4, 0.5) is 0 Å². The van der Waals surface area contributed by atoms with Crippen molar-refractivity contribution in [3.05, 3.63) is 94.0 Å². The third-order valence-electron chi connectivity index (χ3n) is 10.1. The standard InChI is InChI=1S/C35H42/c1-6-7-8-27-11-13-28(14-12-27)19-31-26(5)22-34-20-25(4)21-35(31,34)33-18-24(3)10-16-30(33)29-15-9-23(2)17-32(29)34/h9-18,25-26,31H,6-8,19-22H2,1-5H3/t25?,26?,31?,34-,35+/m1/s1. The lowest BCUT2D eigenvalue weighted by Crippen LogP contribution is -2.48. The molecule has 0 amide bonds. The average molecular weight is 463 g/mol. The van der Waals surface area contributed by atoms with E-state index >= 15 is 0 Å². The van der Waals surface area contributed by atoms with Crippen molar-refractivity contribution < 1.29 is 0 Å². The van der Waals surface area contributed by atoms with E-state index in [0.717, 1.165) is 11.8 Å². The van der Waals surface area contributed by atoms with E-state index in [1.165, 1.54) is 78.3 Å². The number of unbranched alkanes of at least 4 members (excludes halogenated alkanes) is 1. The molecule has 0 aromatic heterocycles. The third-order valence-corrected chi connectivity index (χ3v) is 10.1. The number of hydrogen-bond donors (Lipinski definition) is 0. The van der Waals surface area contributed by atoms with Gasteiger partial charge in [0.15, 0.2) is 0 Å². The molecular formula is C35H42. The van der Waals surface area contributed by atoms with E-state index in [1.807, 2.05) is 0 Å². The van der Waals surface area contributed by atoms with Gasteiger partial charge in [-0.3, -0.25) is 0 Å². The van der Waals surface area contributed by atoms with Gasteiger partial charge in [0.05, 0.1) is 0 Å². The number of rotatable bonds is 5.